The summed E-state index contributed by atoms with van der Waals surface area (Å²) in [6, 6.07) is 9.76. The van der Waals surface area contributed by atoms with Gasteiger partial charge in [-0.05, 0) is 12.0 Å². The van der Waals surface area contributed by atoms with Gasteiger partial charge in [0.2, 0.25) is 5.95 Å². The fourth-order valence-electron chi connectivity index (χ4n) is 1.73. The van der Waals surface area contributed by atoms with Crippen LogP contribution in [0.15, 0.2) is 35.1 Å². The van der Waals surface area contributed by atoms with Gasteiger partial charge < -0.3 is 5.32 Å². The monoisotopic (exact) mass is 258 g/mol. The average molecular weight is 258 g/mol. The summed E-state index contributed by atoms with van der Waals surface area (Å²) in [5.74, 6) is 0.440. The molecule has 0 spiro atoms. The summed E-state index contributed by atoms with van der Waals surface area (Å²) in [4.78, 5) is 14.6. The first-order chi connectivity index (χ1) is 9.29. The second-order valence-corrected chi connectivity index (χ2v) is 4.39. The number of nitrogens with zero attached hydrogens (tertiary/aromatic N) is 2. The second-order valence-electron chi connectivity index (χ2n) is 4.39. The topological polar surface area (TPSA) is 70.7 Å². The van der Waals surface area contributed by atoms with Gasteiger partial charge >= 0.3 is 0 Å². The molecule has 0 aliphatic carbocycles. The summed E-state index contributed by atoms with van der Waals surface area (Å²) in [6.07, 6.45) is 2.63. The van der Waals surface area contributed by atoms with Crippen molar-refractivity contribution < 1.29 is 0 Å². The number of benzene rings is 1. The van der Waals surface area contributed by atoms with Crippen LogP contribution in [0.2, 0.25) is 0 Å². The molecule has 1 aromatic heterocycles. The highest BCUT2D eigenvalue weighted by molar-refractivity contribution is 5.24. The molecular weight excluding hydrogens is 240 g/mol. The molecule has 0 atom stereocenters. The van der Waals surface area contributed by atoms with Gasteiger partial charge in [-0.2, -0.15) is 0 Å². The minimum atomic E-state index is -0.183. The van der Waals surface area contributed by atoms with E-state index in [-0.39, 0.29) is 5.56 Å². The first-order valence-corrected chi connectivity index (χ1v) is 6.53. The normalized spacial score (nSPS) is 10.4. The van der Waals surface area contributed by atoms with E-state index in [9.17, 15) is 4.79 Å². The van der Waals surface area contributed by atoms with Crippen molar-refractivity contribution in [3.05, 3.63) is 51.9 Å². The molecule has 0 bridgehead atoms. The maximum atomic E-state index is 11.9. The lowest BCUT2D eigenvalue weighted by atomic mass is 10.1. The highest BCUT2D eigenvalue weighted by atomic mass is 16.1. The molecule has 0 unspecified atom stereocenters. The standard InChI is InChI=1S/C14H18N4O/c1-2-3-9-15-14-16-13(19)12(17-18-14)10-11-7-5-4-6-8-11/h4-8H,2-3,9-10H2,1H3,(H2,15,16,18,19). The van der Waals surface area contributed by atoms with E-state index in [1.165, 1.54) is 0 Å². The Hall–Kier alpha value is -2.17. The molecule has 2 rings (SSSR count). The van der Waals surface area contributed by atoms with Gasteiger partial charge in [0, 0.05) is 13.0 Å². The lowest BCUT2D eigenvalue weighted by Gasteiger charge is -2.04. The maximum Gasteiger partial charge on any atom is 0.274 e. The molecular formula is C14H18N4O. The molecule has 0 amide bonds. The summed E-state index contributed by atoms with van der Waals surface area (Å²) in [7, 11) is 0. The van der Waals surface area contributed by atoms with Gasteiger partial charge in [-0.15, -0.1) is 10.2 Å². The fraction of sp³-hybridized carbons (Fsp3) is 0.357. The molecule has 19 heavy (non-hydrogen) atoms. The second kappa shape index (κ2) is 6.68. The van der Waals surface area contributed by atoms with Crippen LogP contribution >= 0.6 is 0 Å². The van der Waals surface area contributed by atoms with Crippen molar-refractivity contribution in [2.75, 3.05) is 11.9 Å². The number of aromatic amines is 1. The molecule has 100 valence electrons. The lowest BCUT2D eigenvalue weighted by Crippen LogP contribution is -2.20. The number of anilines is 1. The van der Waals surface area contributed by atoms with Gasteiger partial charge in [0.1, 0.15) is 5.69 Å². The van der Waals surface area contributed by atoms with E-state index in [2.05, 4.69) is 27.4 Å². The predicted octanol–water partition coefficient (Wildman–Crippen LogP) is 1.97. The fourth-order valence-corrected chi connectivity index (χ4v) is 1.73. The van der Waals surface area contributed by atoms with E-state index in [1.54, 1.807) is 0 Å². The number of hydrogen-bond donors (Lipinski definition) is 2. The summed E-state index contributed by atoms with van der Waals surface area (Å²) in [5, 5.41) is 11.0. The van der Waals surface area contributed by atoms with Crippen molar-refractivity contribution in [2.24, 2.45) is 0 Å². The number of hydrogen-bond acceptors (Lipinski definition) is 4. The van der Waals surface area contributed by atoms with Crippen LogP contribution in [-0.4, -0.2) is 21.7 Å². The summed E-state index contributed by atoms with van der Waals surface area (Å²) in [5.41, 5.74) is 1.30. The minimum absolute atomic E-state index is 0.183. The Kier molecular flexibility index (Phi) is 4.66. The molecule has 0 aliphatic heterocycles. The summed E-state index contributed by atoms with van der Waals surface area (Å²) in [6.45, 7) is 2.90. The summed E-state index contributed by atoms with van der Waals surface area (Å²) < 4.78 is 0. The van der Waals surface area contributed by atoms with E-state index < -0.39 is 0 Å². The third-order valence-corrected chi connectivity index (χ3v) is 2.80. The van der Waals surface area contributed by atoms with Gasteiger partial charge in [0.05, 0.1) is 0 Å². The van der Waals surface area contributed by atoms with Gasteiger partial charge in [-0.3, -0.25) is 9.78 Å². The van der Waals surface area contributed by atoms with E-state index >= 15 is 0 Å². The van der Waals surface area contributed by atoms with Crippen LogP contribution in [0.1, 0.15) is 31.0 Å². The van der Waals surface area contributed by atoms with Crippen LogP contribution in [0, 0.1) is 0 Å². The molecule has 2 aromatic rings. The number of unbranched alkanes of at least 4 members (excludes halogenated alkanes) is 1. The number of aromatic nitrogens is 3. The van der Waals surface area contributed by atoms with Gasteiger partial charge in [-0.25, -0.2) is 0 Å². The zero-order valence-corrected chi connectivity index (χ0v) is 11.0. The largest absolute Gasteiger partial charge is 0.354 e. The van der Waals surface area contributed by atoms with E-state index in [4.69, 9.17) is 0 Å². The molecule has 1 heterocycles. The Morgan fingerprint density at radius 2 is 2.00 bits per heavy atom. The zero-order chi connectivity index (χ0) is 13.5. The van der Waals surface area contributed by atoms with Gasteiger partial charge in [0.15, 0.2) is 0 Å². The maximum absolute atomic E-state index is 11.9. The van der Waals surface area contributed by atoms with Crippen LogP contribution in [0.4, 0.5) is 5.95 Å². The predicted molar refractivity (Wildman–Crippen MR) is 75.3 cm³/mol. The molecule has 1 aromatic carbocycles. The number of H-pyrrole nitrogens is 1. The van der Waals surface area contributed by atoms with Crippen molar-refractivity contribution in [3.63, 3.8) is 0 Å². The Morgan fingerprint density at radius 1 is 1.21 bits per heavy atom. The molecule has 0 saturated heterocycles. The van der Waals surface area contributed by atoms with Gasteiger partial charge in [-0.1, -0.05) is 43.7 Å². The van der Waals surface area contributed by atoms with Gasteiger partial charge in [0.25, 0.3) is 5.56 Å². The highest BCUT2D eigenvalue weighted by Crippen LogP contribution is 2.03. The van der Waals surface area contributed by atoms with Crippen LogP contribution in [0.25, 0.3) is 0 Å². The van der Waals surface area contributed by atoms with E-state index in [0.29, 0.717) is 18.1 Å². The van der Waals surface area contributed by atoms with Crippen molar-refractivity contribution in [3.8, 4) is 0 Å². The van der Waals surface area contributed by atoms with Crippen molar-refractivity contribution in [2.45, 2.75) is 26.2 Å². The molecule has 5 nitrogen and oxygen atoms in total. The number of nitrogens with one attached hydrogen (secondary N) is 2. The lowest BCUT2D eigenvalue weighted by molar-refractivity contribution is 0.806. The van der Waals surface area contributed by atoms with Crippen LogP contribution in [0.3, 0.4) is 0 Å². The first kappa shape index (κ1) is 13.3. The SMILES string of the molecule is CCCCNc1nnc(Cc2ccccc2)c(=O)[nH]1. The Bertz CT molecular complexity index is 565. The van der Waals surface area contributed by atoms with Crippen molar-refractivity contribution in [1.82, 2.24) is 15.2 Å². The molecule has 0 aliphatic rings. The highest BCUT2D eigenvalue weighted by Gasteiger charge is 2.05. The number of rotatable bonds is 6. The quantitative estimate of drug-likeness (QED) is 0.777. The van der Waals surface area contributed by atoms with Crippen molar-refractivity contribution >= 4 is 5.95 Å². The van der Waals surface area contributed by atoms with Crippen LogP contribution < -0.4 is 10.9 Å². The third-order valence-electron chi connectivity index (χ3n) is 2.80. The van der Waals surface area contributed by atoms with E-state index in [1.807, 2.05) is 30.3 Å². The third kappa shape index (κ3) is 3.91. The molecule has 5 heteroatoms. The molecule has 0 saturated carbocycles. The Morgan fingerprint density at radius 3 is 2.68 bits per heavy atom. The van der Waals surface area contributed by atoms with Crippen LogP contribution in [-0.2, 0) is 6.42 Å². The zero-order valence-electron chi connectivity index (χ0n) is 11.0. The Labute approximate surface area is 112 Å². The molecule has 2 N–H and O–H groups in total. The van der Waals surface area contributed by atoms with Crippen LogP contribution in [0.5, 0.6) is 0 Å². The summed E-state index contributed by atoms with van der Waals surface area (Å²) >= 11 is 0. The van der Waals surface area contributed by atoms with Crippen molar-refractivity contribution in [1.29, 1.82) is 0 Å². The smallest absolute Gasteiger partial charge is 0.274 e. The molecule has 0 radical (unpaired) electrons. The average Bonchev–Trinajstić information content (AvgIpc) is 2.43. The van der Waals surface area contributed by atoms with E-state index in [0.717, 1.165) is 24.9 Å². The Balaban J connectivity index is 2.05. The molecule has 0 fully saturated rings. The minimum Gasteiger partial charge on any atom is -0.354 e. The first-order valence-electron chi connectivity index (χ1n) is 6.53.